The SMILES string of the molecule is Cc1cc2c(cc1-c1cccn3c(C(=O)c4ccc(N)c(C#N)c4)ccc13)ncn2C. The third-order valence-corrected chi connectivity index (χ3v) is 5.72. The molecule has 0 aliphatic rings. The van der Waals surface area contributed by atoms with E-state index >= 15 is 0 Å². The van der Waals surface area contributed by atoms with Crippen LogP contribution in [0.4, 0.5) is 5.69 Å². The summed E-state index contributed by atoms with van der Waals surface area (Å²) in [7, 11) is 1.98. The van der Waals surface area contributed by atoms with Gasteiger partial charge in [-0.25, -0.2) is 4.98 Å². The number of hydrogen-bond donors (Lipinski definition) is 1. The number of nitriles is 1. The number of aromatic nitrogens is 3. The van der Waals surface area contributed by atoms with Crippen LogP contribution in [0.15, 0.2) is 67.1 Å². The molecule has 5 aromatic rings. The highest BCUT2D eigenvalue weighted by atomic mass is 16.1. The second-order valence-corrected chi connectivity index (χ2v) is 7.65. The van der Waals surface area contributed by atoms with E-state index in [1.807, 2.05) is 52.8 Å². The number of rotatable bonds is 3. The third kappa shape index (κ3) is 2.87. The fraction of sp³-hybridized carbons (Fsp3) is 0.0800. The van der Waals surface area contributed by atoms with Gasteiger partial charge in [0.15, 0.2) is 0 Å². The minimum atomic E-state index is -0.162. The van der Waals surface area contributed by atoms with Crippen LogP contribution < -0.4 is 5.73 Å². The Balaban J connectivity index is 1.66. The highest BCUT2D eigenvalue weighted by Crippen LogP contribution is 2.32. The van der Waals surface area contributed by atoms with E-state index in [2.05, 4.69) is 30.1 Å². The van der Waals surface area contributed by atoms with Gasteiger partial charge in [-0.05, 0) is 66.6 Å². The normalized spacial score (nSPS) is 11.1. The predicted molar refractivity (Wildman–Crippen MR) is 121 cm³/mol. The molecule has 150 valence electrons. The van der Waals surface area contributed by atoms with Crippen molar-refractivity contribution in [2.24, 2.45) is 7.05 Å². The molecule has 0 saturated heterocycles. The van der Waals surface area contributed by atoms with Crippen LogP contribution in [0.3, 0.4) is 0 Å². The molecule has 0 spiro atoms. The quantitative estimate of drug-likeness (QED) is 0.354. The molecule has 31 heavy (non-hydrogen) atoms. The maximum atomic E-state index is 13.2. The Kier molecular flexibility index (Phi) is 4.12. The standard InChI is InChI=1S/C25H19N5O/c1-15-10-24-21(28-14-29(24)2)12-19(15)18-4-3-9-30-22(18)7-8-23(30)25(31)16-5-6-20(27)17(11-16)13-26/h3-12,14H,27H2,1-2H3. The third-order valence-electron chi connectivity index (χ3n) is 5.72. The van der Waals surface area contributed by atoms with Crippen LogP contribution in [-0.2, 0) is 7.05 Å². The molecule has 2 aromatic carbocycles. The number of benzene rings is 2. The van der Waals surface area contributed by atoms with Gasteiger partial charge < -0.3 is 14.7 Å². The zero-order chi connectivity index (χ0) is 21.7. The summed E-state index contributed by atoms with van der Waals surface area (Å²) in [4.78, 5) is 17.7. The monoisotopic (exact) mass is 405 g/mol. The Morgan fingerprint density at radius 1 is 1.06 bits per heavy atom. The molecule has 0 radical (unpaired) electrons. The molecular weight excluding hydrogens is 386 g/mol. The molecule has 6 heteroatoms. The number of carbonyl (C=O) groups excluding carboxylic acids is 1. The molecule has 0 atom stereocenters. The number of pyridine rings is 1. The van der Waals surface area contributed by atoms with Crippen molar-refractivity contribution >= 4 is 28.0 Å². The van der Waals surface area contributed by atoms with E-state index in [1.165, 1.54) is 0 Å². The van der Waals surface area contributed by atoms with Crippen molar-refractivity contribution in [2.45, 2.75) is 6.92 Å². The zero-order valence-electron chi connectivity index (χ0n) is 17.1. The number of imidazole rings is 1. The lowest BCUT2D eigenvalue weighted by atomic mass is 9.99. The van der Waals surface area contributed by atoms with Crippen LogP contribution in [-0.4, -0.2) is 19.7 Å². The molecule has 0 aliphatic heterocycles. The van der Waals surface area contributed by atoms with Crippen molar-refractivity contribution in [1.29, 1.82) is 5.26 Å². The first-order valence-electron chi connectivity index (χ1n) is 9.84. The van der Waals surface area contributed by atoms with Crippen molar-refractivity contribution in [1.82, 2.24) is 14.0 Å². The van der Waals surface area contributed by atoms with E-state index in [0.717, 1.165) is 33.2 Å². The molecule has 0 amide bonds. The molecule has 3 aromatic heterocycles. The van der Waals surface area contributed by atoms with Gasteiger partial charge in [0.25, 0.3) is 0 Å². The molecule has 0 aliphatic carbocycles. The largest absolute Gasteiger partial charge is 0.398 e. The van der Waals surface area contributed by atoms with Crippen LogP contribution in [0.2, 0.25) is 0 Å². The van der Waals surface area contributed by atoms with Gasteiger partial charge in [0.1, 0.15) is 6.07 Å². The Morgan fingerprint density at radius 3 is 2.71 bits per heavy atom. The second kappa shape index (κ2) is 6.85. The Morgan fingerprint density at radius 2 is 1.90 bits per heavy atom. The Labute approximate surface area is 178 Å². The van der Waals surface area contributed by atoms with Crippen molar-refractivity contribution in [3.8, 4) is 17.2 Å². The topological polar surface area (TPSA) is 89.1 Å². The van der Waals surface area contributed by atoms with Crippen molar-refractivity contribution < 1.29 is 4.79 Å². The number of ketones is 1. The molecular formula is C25H19N5O. The van der Waals surface area contributed by atoms with Gasteiger partial charge in [-0.1, -0.05) is 6.07 Å². The van der Waals surface area contributed by atoms with Crippen molar-refractivity contribution in [2.75, 3.05) is 5.73 Å². The summed E-state index contributed by atoms with van der Waals surface area (Å²) in [5, 5.41) is 9.24. The number of nitrogens with two attached hydrogens (primary N) is 1. The average molecular weight is 405 g/mol. The number of anilines is 1. The van der Waals surface area contributed by atoms with Gasteiger partial charge in [0.2, 0.25) is 5.78 Å². The Hall–Kier alpha value is -4.37. The lowest BCUT2D eigenvalue weighted by Gasteiger charge is -2.11. The van der Waals surface area contributed by atoms with Gasteiger partial charge in [-0.15, -0.1) is 0 Å². The maximum Gasteiger partial charge on any atom is 0.209 e. The van der Waals surface area contributed by atoms with E-state index in [9.17, 15) is 10.1 Å². The smallest absolute Gasteiger partial charge is 0.209 e. The molecule has 6 nitrogen and oxygen atoms in total. The molecule has 0 saturated carbocycles. The van der Waals surface area contributed by atoms with Crippen LogP contribution in [0, 0.1) is 18.3 Å². The van der Waals surface area contributed by atoms with E-state index in [4.69, 9.17) is 5.73 Å². The average Bonchev–Trinajstić information content (AvgIpc) is 3.37. The fourth-order valence-electron chi connectivity index (χ4n) is 4.06. The minimum Gasteiger partial charge on any atom is -0.398 e. The van der Waals surface area contributed by atoms with Gasteiger partial charge in [0.05, 0.1) is 34.1 Å². The first-order chi connectivity index (χ1) is 15.0. The molecule has 0 fully saturated rings. The summed E-state index contributed by atoms with van der Waals surface area (Å²) in [6.45, 7) is 2.08. The summed E-state index contributed by atoms with van der Waals surface area (Å²) in [5.41, 5.74) is 13.6. The van der Waals surface area contributed by atoms with Gasteiger partial charge >= 0.3 is 0 Å². The minimum absolute atomic E-state index is 0.162. The zero-order valence-corrected chi connectivity index (χ0v) is 17.1. The molecule has 0 bridgehead atoms. The maximum absolute atomic E-state index is 13.2. The van der Waals surface area contributed by atoms with Crippen LogP contribution >= 0.6 is 0 Å². The van der Waals surface area contributed by atoms with Crippen LogP contribution in [0.25, 0.3) is 27.7 Å². The highest BCUT2D eigenvalue weighted by Gasteiger charge is 2.17. The van der Waals surface area contributed by atoms with Crippen molar-refractivity contribution in [3.05, 3.63) is 89.5 Å². The highest BCUT2D eigenvalue weighted by molar-refractivity contribution is 6.09. The van der Waals surface area contributed by atoms with Crippen molar-refractivity contribution in [3.63, 3.8) is 0 Å². The summed E-state index contributed by atoms with van der Waals surface area (Å²) >= 11 is 0. The summed E-state index contributed by atoms with van der Waals surface area (Å²) in [5.74, 6) is -0.162. The number of nitrogen functional groups attached to an aromatic ring is 1. The number of nitrogens with zero attached hydrogens (tertiary/aromatic N) is 4. The number of aryl methyl sites for hydroxylation is 2. The lowest BCUT2D eigenvalue weighted by molar-refractivity contribution is 0.103. The van der Waals surface area contributed by atoms with E-state index in [1.54, 1.807) is 18.2 Å². The predicted octanol–water partition coefficient (Wildman–Crippen LogP) is 4.49. The molecule has 5 rings (SSSR count). The Bertz CT molecular complexity index is 1550. The van der Waals surface area contributed by atoms with Gasteiger partial charge in [-0.3, -0.25) is 4.79 Å². The number of hydrogen-bond acceptors (Lipinski definition) is 4. The van der Waals surface area contributed by atoms with E-state index in [0.29, 0.717) is 22.5 Å². The first kappa shape index (κ1) is 18.6. The van der Waals surface area contributed by atoms with Gasteiger partial charge in [-0.2, -0.15) is 5.26 Å². The fourth-order valence-corrected chi connectivity index (χ4v) is 4.06. The number of carbonyl (C=O) groups is 1. The number of fused-ring (bicyclic) bond motifs is 2. The lowest BCUT2D eigenvalue weighted by Crippen LogP contribution is -2.06. The molecule has 2 N–H and O–H groups in total. The van der Waals surface area contributed by atoms with E-state index in [-0.39, 0.29) is 5.78 Å². The summed E-state index contributed by atoms with van der Waals surface area (Å²) in [6, 6.07) is 18.8. The van der Waals surface area contributed by atoms with E-state index < -0.39 is 0 Å². The first-order valence-corrected chi connectivity index (χ1v) is 9.84. The van der Waals surface area contributed by atoms with Gasteiger partial charge in [0, 0.05) is 30.1 Å². The molecule has 0 unspecified atom stereocenters. The van der Waals surface area contributed by atoms with Crippen LogP contribution in [0.1, 0.15) is 27.2 Å². The summed E-state index contributed by atoms with van der Waals surface area (Å²) < 4.78 is 3.89. The second-order valence-electron chi connectivity index (χ2n) is 7.65. The summed E-state index contributed by atoms with van der Waals surface area (Å²) in [6.07, 6.45) is 3.69. The molecule has 3 heterocycles. The van der Waals surface area contributed by atoms with Crippen LogP contribution in [0.5, 0.6) is 0 Å².